The van der Waals surface area contributed by atoms with E-state index >= 15 is 0 Å². The number of carbonyl (C=O) groups is 1. The van der Waals surface area contributed by atoms with E-state index in [2.05, 4.69) is 0 Å². The van der Waals surface area contributed by atoms with Crippen LogP contribution < -0.4 is 0 Å². The van der Waals surface area contributed by atoms with E-state index in [9.17, 15) is 18.0 Å². The fourth-order valence-electron chi connectivity index (χ4n) is 2.99. The van der Waals surface area contributed by atoms with E-state index in [1.807, 2.05) is 0 Å². The molecular weight excluding hydrogens is 273 g/mol. The van der Waals surface area contributed by atoms with Crippen LogP contribution in [0.25, 0.3) is 0 Å². The van der Waals surface area contributed by atoms with Crippen LogP contribution in [0.3, 0.4) is 0 Å². The fourth-order valence-corrected chi connectivity index (χ4v) is 2.99. The number of ether oxygens (including phenoxy) is 1. The Labute approximate surface area is 116 Å². The summed E-state index contributed by atoms with van der Waals surface area (Å²) >= 11 is 0. The molecule has 116 valence electrons. The highest BCUT2D eigenvalue weighted by Gasteiger charge is 2.46. The molecule has 0 N–H and O–H groups in total. The standard InChI is InChI=1S/C13H21F3N2O2/c1-12(2,3)20-11(19)18-9-4-5-10(18)7-17(6-9)8-13(14,15)16/h9-10H,4-8H2,1-3H3. The highest BCUT2D eigenvalue weighted by atomic mass is 19.4. The minimum absolute atomic E-state index is 0.161. The van der Waals surface area contributed by atoms with Crippen molar-refractivity contribution in [2.45, 2.75) is 57.5 Å². The average molecular weight is 294 g/mol. The van der Waals surface area contributed by atoms with Gasteiger partial charge in [-0.1, -0.05) is 0 Å². The van der Waals surface area contributed by atoms with Crippen molar-refractivity contribution in [1.82, 2.24) is 9.80 Å². The highest BCUT2D eigenvalue weighted by molar-refractivity contribution is 5.69. The first-order valence-electron chi connectivity index (χ1n) is 6.85. The monoisotopic (exact) mass is 294 g/mol. The minimum Gasteiger partial charge on any atom is -0.444 e. The third-order valence-corrected chi connectivity index (χ3v) is 3.57. The molecule has 4 nitrogen and oxygen atoms in total. The van der Waals surface area contributed by atoms with Crippen LogP contribution in [0.4, 0.5) is 18.0 Å². The second-order valence-electron chi connectivity index (χ2n) is 6.58. The van der Waals surface area contributed by atoms with Gasteiger partial charge in [-0.15, -0.1) is 0 Å². The number of hydrogen-bond acceptors (Lipinski definition) is 3. The van der Waals surface area contributed by atoms with E-state index < -0.39 is 24.4 Å². The number of carbonyl (C=O) groups excluding carboxylic acids is 1. The van der Waals surface area contributed by atoms with Gasteiger partial charge in [0.2, 0.25) is 0 Å². The third-order valence-electron chi connectivity index (χ3n) is 3.57. The van der Waals surface area contributed by atoms with Gasteiger partial charge < -0.3 is 4.74 Å². The molecule has 2 saturated heterocycles. The molecule has 0 aromatic heterocycles. The molecule has 0 aromatic rings. The van der Waals surface area contributed by atoms with Gasteiger partial charge in [-0.2, -0.15) is 13.2 Å². The summed E-state index contributed by atoms with van der Waals surface area (Å²) in [5.41, 5.74) is -0.584. The number of nitrogens with zero attached hydrogens (tertiary/aromatic N) is 2. The van der Waals surface area contributed by atoms with E-state index in [0.717, 1.165) is 12.8 Å². The summed E-state index contributed by atoms with van der Waals surface area (Å²) in [5.74, 6) is 0. The fraction of sp³-hybridized carbons (Fsp3) is 0.923. The first-order chi connectivity index (χ1) is 9.05. The number of piperazine rings is 1. The summed E-state index contributed by atoms with van der Waals surface area (Å²) in [6.45, 7) is 5.00. The predicted octanol–water partition coefficient (Wildman–Crippen LogP) is 2.63. The van der Waals surface area contributed by atoms with Gasteiger partial charge >= 0.3 is 12.3 Å². The molecule has 2 fully saturated rings. The summed E-state index contributed by atoms with van der Waals surface area (Å²) in [7, 11) is 0. The molecule has 2 atom stereocenters. The molecule has 2 bridgehead atoms. The number of alkyl halides is 3. The van der Waals surface area contributed by atoms with Crippen LogP contribution in [-0.2, 0) is 4.74 Å². The molecule has 2 heterocycles. The quantitative estimate of drug-likeness (QED) is 0.745. The van der Waals surface area contributed by atoms with Gasteiger partial charge in [0.25, 0.3) is 0 Å². The van der Waals surface area contributed by atoms with Crippen LogP contribution in [0.15, 0.2) is 0 Å². The zero-order chi connectivity index (χ0) is 15.1. The SMILES string of the molecule is CC(C)(C)OC(=O)N1C2CCC1CN(CC(F)(F)F)C2. The lowest BCUT2D eigenvalue weighted by molar-refractivity contribution is -0.151. The maximum absolute atomic E-state index is 12.4. The smallest absolute Gasteiger partial charge is 0.410 e. The van der Waals surface area contributed by atoms with Gasteiger partial charge in [-0.05, 0) is 33.6 Å². The van der Waals surface area contributed by atoms with Crippen molar-refractivity contribution < 1.29 is 22.7 Å². The van der Waals surface area contributed by atoms with Crippen LogP contribution in [0.5, 0.6) is 0 Å². The van der Waals surface area contributed by atoms with Crippen molar-refractivity contribution in [1.29, 1.82) is 0 Å². The number of rotatable bonds is 1. The Hall–Kier alpha value is -0.980. The average Bonchev–Trinajstić information content (AvgIpc) is 2.46. The molecule has 0 saturated carbocycles. The second kappa shape index (κ2) is 5.09. The molecule has 2 rings (SSSR count). The first-order valence-corrected chi connectivity index (χ1v) is 6.85. The molecular formula is C13H21F3N2O2. The summed E-state index contributed by atoms with van der Waals surface area (Å²) in [6, 6.07) is -0.322. The molecule has 0 spiro atoms. The first kappa shape index (κ1) is 15.4. The predicted molar refractivity (Wildman–Crippen MR) is 67.4 cm³/mol. The zero-order valence-electron chi connectivity index (χ0n) is 12.0. The third kappa shape index (κ3) is 3.77. The van der Waals surface area contributed by atoms with Gasteiger partial charge in [0, 0.05) is 25.2 Å². The number of amides is 1. The Kier molecular flexibility index (Phi) is 3.92. The largest absolute Gasteiger partial charge is 0.444 e. The van der Waals surface area contributed by atoms with Crippen molar-refractivity contribution in [3.63, 3.8) is 0 Å². The number of hydrogen-bond donors (Lipinski definition) is 0. The summed E-state index contributed by atoms with van der Waals surface area (Å²) in [6.07, 6.45) is -3.10. The van der Waals surface area contributed by atoms with Crippen LogP contribution in [-0.4, -0.2) is 59.4 Å². The van der Waals surface area contributed by atoms with Gasteiger partial charge in [0.1, 0.15) is 5.60 Å². The molecule has 0 radical (unpaired) electrons. The normalized spacial score (nSPS) is 27.8. The van der Waals surface area contributed by atoms with E-state index in [4.69, 9.17) is 4.74 Å². The summed E-state index contributed by atoms with van der Waals surface area (Å²) < 4.78 is 42.7. The van der Waals surface area contributed by atoms with E-state index in [0.29, 0.717) is 0 Å². The molecule has 20 heavy (non-hydrogen) atoms. The van der Waals surface area contributed by atoms with Crippen molar-refractivity contribution in [3.8, 4) is 0 Å². The van der Waals surface area contributed by atoms with Crippen molar-refractivity contribution in [2.24, 2.45) is 0 Å². The van der Waals surface area contributed by atoms with Crippen molar-refractivity contribution in [2.75, 3.05) is 19.6 Å². The molecule has 7 heteroatoms. The molecule has 1 amide bonds. The number of likely N-dealkylation sites (tertiary alicyclic amines) is 1. The molecule has 2 aliphatic heterocycles. The van der Waals surface area contributed by atoms with E-state index in [1.54, 1.807) is 25.7 Å². The van der Waals surface area contributed by atoms with Crippen LogP contribution in [0, 0.1) is 0 Å². The van der Waals surface area contributed by atoms with Gasteiger partial charge in [-0.25, -0.2) is 4.79 Å². The second-order valence-corrected chi connectivity index (χ2v) is 6.58. The minimum atomic E-state index is -4.19. The molecule has 0 aromatic carbocycles. The Morgan fingerprint density at radius 2 is 1.65 bits per heavy atom. The van der Waals surface area contributed by atoms with Crippen LogP contribution in [0.1, 0.15) is 33.6 Å². The number of fused-ring (bicyclic) bond motifs is 2. The molecule has 2 aliphatic rings. The lowest BCUT2D eigenvalue weighted by atomic mass is 10.2. The lowest BCUT2D eigenvalue weighted by Gasteiger charge is -2.41. The van der Waals surface area contributed by atoms with Crippen molar-refractivity contribution >= 4 is 6.09 Å². The Bertz CT molecular complexity index is 365. The number of halogens is 3. The summed E-state index contributed by atoms with van der Waals surface area (Å²) in [4.78, 5) is 15.2. The zero-order valence-corrected chi connectivity index (χ0v) is 12.0. The van der Waals surface area contributed by atoms with Gasteiger partial charge in [-0.3, -0.25) is 9.80 Å². The van der Waals surface area contributed by atoms with E-state index in [-0.39, 0.29) is 25.2 Å². The Morgan fingerprint density at radius 1 is 1.15 bits per heavy atom. The molecule has 0 aliphatic carbocycles. The van der Waals surface area contributed by atoms with Gasteiger partial charge in [0.15, 0.2) is 0 Å². The van der Waals surface area contributed by atoms with E-state index in [1.165, 1.54) is 4.90 Å². The maximum atomic E-state index is 12.4. The Balaban J connectivity index is 1.98. The maximum Gasteiger partial charge on any atom is 0.410 e. The lowest BCUT2D eigenvalue weighted by Crippen LogP contribution is -2.57. The summed E-state index contributed by atoms with van der Waals surface area (Å²) in [5, 5.41) is 0. The van der Waals surface area contributed by atoms with Gasteiger partial charge in [0.05, 0.1) is 6.54 Å². The van der Waals surface area contributed by atoms with Crippen LogP contribution >= 0.6 is 0 Å². The topological polar surface area (TPSA) is 32.8 Å². The van der Waals surface area contributed by atoms with Crippen LogP contribution in [0.2, 0.25) is 0 Å². The Morgan fingerprint density at radius 3 is 2.05 bits per heavy atom. The highest BCUT2D eigenvalue weighted by Crippen LogP contribution is 2.32. The van der Waals surface area contributed by atoms with Crippen molar-refractivity contribution in [3.05, 3.63) is 0 Å². The molecule has 2 unspecified atom stereocenters.